The fraction of sp³-hybridized carbons (Fsp3) is 0.727. The molecule has 0 aromatic heterocycles. The summed E-state index contributed by atoms with van der Waals surface area (Å²) in [7, 11) is 2.40. The van der Waals surface area contributed by atoms with E-state index in [4.69, 9.17) is 22.8 Å². The van der Waals surface area contributed by atoms with Crippen molar-refractivity contribution in [2.45, 2.75) is 58.9 Å². The molecule has 0 saturated heterocycles. The summed E-state index contributed by atoms with van der Waals surface area (Å²) in [6.45, 7) is 13.2. The van der Waals surface area contributed by atoms with E-state index in [1.807, 2.05) is 0 Å². The van der Waals surface area contributed by atoms with E-state index in [1.165, 1.54) is 5.56 Å². The van der Waals surface area contributed by atoms with Crippen molar-refractivity contribution in [2.75, 3.05) is 41.2 Å². The summed E-state index contributed by atoms with van der Waals surface area (Å²) in [5.41, 5.74) is 1.78. The second kappa shape index (κ2) is 11.3. The third-order valence-corrected chi connectivity index (χ3v) is 7.64. The molecule has 0 spiro atoms. The monoisotopic (exact) mass is 412 g/mol. The Kier molecular flexibility index (Phi) is 10.1. The molecule has 0 radical (unpaired) electrons. The Balaban J connectivity index is 2.32. The van der Waals surface area contributed by atoms with Gasteiger partial charge in [-0.15, -0.1) is 0 Å². The van der Waals surface area contributed by atoms with E-state index in [2.05, 4.69) is 58.9 Å². The summed E-state index contributed by atoms with van der Waals surface area (Å²) < 4.78 is 27.6. The molecule has 0 bridgehead atoms. The topological polar surface area (TPSA) is 46.2 Å². The fourth-order valence-corrected chi connectivity index (χ4v) is 5.39. The van der Waals surface area contributed by atoms with Gasteiger partial charge in [-0.2, -0.15) is 0 Å². The first kappa shape index (κ1) is 25.1. The smallest absolute Gasteiger partial charge is 0.491 e. The summed E-state index contributed by atoms with van der Waals surface area (Å²) in [5, 5.41) is 0. The lowest BCUT2D eigenvalue weighted by Crippen LogP contribution is -2.42. The zero-order valence-corrected chi connectivity index (χ0v) is 20.1. The van der Waals surface area contributed by atoms with Crippen LogP contribution in [0.2, 0.25) is 6.04 Å². The van der Waals surface area contributed by atoms with Crippen molar-refractivity contribution in [3.05, 3.63) is 29.8 Å². The molecule has 0 amide bonds. The molecule has 0 atom stereocenters. The van der Waals surface area contributed by atoms with E-state index in [9.17, 15) is 0 Å². The highest BCUT2D eigenvalue weighted by atomic mass is 28.4. The van der Waals surface area contributed by atoms with Gasteiger partial charge in [0.1, 0.15) is 12.4 Å². The van der Waals surface area contributed by atoms with Gasteiger partial charge in [0.05, 0.1) is 6.61 Å². The normalized spacial score (nSPS) is 13.0. The van der Waals surface area contributed by atoms with Crippen LogP contribution in [0.1, 0.15) is 53.0 Å². The number of rotatable bonds is 13. The van der Waals surface area contributed by atoms with Gasteiger partial charge in [0.15, 0.2) is 0 Å². The zero-order valence-electron chi connectivity index (χ0n) is 19.1. The average Bonchev–Trinajstić information content (AvgIpc) is 2.63. The number of benzene rings is 1. The summed E-state index contributed by atoms with van der Waals surface area (Å²) in [5.74, 6) is 0.878. The highest BCUT2D eigenvalue weighted by molar-refractivity contribution is 6.60. The number of ether oxygens (including phenoxy) is 2. The molecule has 1 aromatic carbocycles. The van der Waals surface area contributed by atoms with Crippen molar-refractivity contribution in [1.29, 1.82) is 0 Å². The van der Waals surface area contributed by atoms with Crippen molar-refractivity contribution >= 4 is 8.80 Å². The number of hydrogen-bond donors (Lipinski definition) is 0. The maximum absolute atomic E-state index is 5.80. The summed E-state index contributed by atoms with van der Waals surface area (Å²) in [6.07, 6.45) is 1.96. The van der Waals surface area contributed by atoms with Crippen LogP contribution in [-0.4, -0.2) is 50.0 Å². The van der Waals surface area contributed by atoms with Gasteiger partial charge < -0.3 is 22.8 Å². The van der Waals surface area contributed by atoms with Gasteiger partial charge in [0.2, 0.25) is 0 Å². The van der Waals surface area contributed by atoms with E-state index in [-0.39, 0.29) is 5.41 Å². The van der Waals surface area contributed by atoms with Crippen molar-refractivity contribution in [3.63, 3.8) is 0 Å². The SMILES string of the molecule is CO[Si](CCCOCCOc1ccc(C(C)(C)CC(C)(C)C)cc1)(OC)OC. The van der Waals surface area contributed by atoms with Crippen molar-refractivity contribution in [2.24, 2.45) is 5.41 Å². The van der Waals surface area contributed by atoms with Crippen LogP contribution in [0.5, 0.6) is 5.75 Å². The Morgan fingerprint density at radius 1 is 0.786 bits per heavy atom. The second-order valence-corrected chi connectivity index (χ2v) is 12.1. The minimum atomic E-state index is -2.49. The predicted molar refractivity (Wildman–Crippen MR) is 116 cm³/mol. The lowest BCUT2D eigenvalue weighted by Gasteiger charge is -2.33. The van der Waals surface area contributed by atoms with Gasteiger partial charge in [0.25, 0.3) is 0 Å². The zero-order chi connectivity index (χ0) is 21.3. The second-order valence-electron chi connectivity index (χ2n) is 9.01. The molecule has 0 N–H and O–H groups in total. The van der Waals surface area contributed by atoms with Crippen LogP contribution < -0.4 is 4.74 Å². The Hall–Kier alpha value is -0.923. The maximum atomic E-state index is 5.80. The lowest BCUT2D eigenvalue weighted by atomic mass is 9.72. The van der Waals surface area contributed by atoms with Crippen LogP contribution in [0.25, 0.3) is 0 Å². The van der Waals surface area contributed by atoms with Crippen molar-refractivity contribution < 1.29 is 22.8 Å². The molecular formula is C22H40O5Si. The minimum Gasteiger partial charge on any atom is -0.491 e. The van der Waals surface area contributed by atoms with E-state index in [0.717, 1.165) is 24.6 Å². The molecule has 0 unspecified atom stereocenters. The molecule has 0 aliphatic carbocycles. The van der Waals surface area contributed by atoms with Gasteiger partial charge in [0, 0.05) is 34.0 Å². The van der Waals surface area contributed by atoms with Crippen LogP contribution >= 0.6 is 0 Å². The largest absolute Gasteiger partial charge is 0.500 e. The van der Waals surface area contributed by atoms with E-state index >= 15 is 0 Å². The minimum absolute atomic E-state index is 0.144. The Bertz CT molecular complexity index is 539. The van der Waals surface area contributed by atoms with Gasteiger partial charge in [-0.3, -0.25) is 0 Å². The van der Waals surface area contributed by atoms with Crippen molar-refractivity contribution in [3.8, 4) is 5.75 Å². The molecule has 5 nitrogen and oxygen atoms in total. The molecule has 0 saturated carbocycles. The molecule has 0 aliphatic heterocycles. The maximum Gasteiger partial charge on any atom is 0.500 e. The molecule has 28 heavy (non-hydrogen) atoms. The molecule has 0 heterocycles. The van der Waals surface area contributed by atoms with Gasteiger partial charge >= 0.3 is 8.80 Å². The quantitative estimate of drug-likeness (QED) is 0.334. The van der Waals surface area contributed by atoms with Gasteiger partial charge in [-0.05, 0) is 41.4 Å². The third-order valence-electron chi connectivity index (χ3n) is 4.81. The van der Waals surface area contributed by atoms with Gasteiger partial charge in [-0.1, -0.05) is 46.8 Å². The average molecular weight is 413 g/mol. The fourth-order valence-electron chi connectivity index (χ4n) is 3.70. The van der Waals surface area contributed by atoms with Crippen LogP contribution in [0.3, 0.4) is 0 Å². The Labute approximate surface area is 173 Å². The number of hydrogen-bond acceptors (Lipinski definition) is 5. The van der Waals surface area contributed by atoms with Crippen molar-refractivity contribution in [1.82, 2.24) is 0 Å². The standard InChI is InChI=1S/C22H40O5Si/c1-21(2,3)18-22(4,5)19-10-12-20(13-11-19)27-16-15-26-14-9-17-28(23-6,24-7)25-8/h10-13H,9,14-18H2,1-8H3. The first-order valence-electron chi connectivity index (χ1n) is 10.0. The summed E-state index contributed by atoms with van der Waals surface area (Å²) in [4.78, 5) is 0. The molecule has 0 fully saturated rings. The van der Waals surface area contributed by atoms with Crippen LogP contribution in [0.4, 0.5) is 0 Å². The van der Waals surface area contributed by atoms with Crippen LogP contribution in [0.15, 0.2) is 24.3 Å². The molecule has 162 valence electrons. The van der Waals surface area contributed by atoms with Crippen LogP contribution in [0, 0.1) is 5.41 Å². The highest BCUT2D eigenvalue weighted by Gasteiger charge is 2.36. The highest BCUT2D eigenvalue weighted by Crippen LogP contribution is 2.36. The summed E-state index contributed by atoms with van der Waals surface area (Å²) in [6, 6.07) is 9.19. The molecule has 6 heteroatoms. The first-order valence-corrected chi connectivity index (χ1v) is 12.0. The Morgan fingerprint density at radius 2 is 1.36 bits per heavy atom. The summed E-state index contributed by atoms with van der Waals surface area (Å²) >= 11 is 0. The van der Waals surface area contributed by atoms with Crippen LogP contribution in [-0.2, 0) is 23.4 Å². The van der Waals surface area contributed by atoms with E-state index in [1.54, 1.807) is 21.3 Å². The van der Waals surface area contributed by atoms with Gasteiger partial charge in [-0.25, -0.2) is 0 Å². The third kappa shape index (κ3) is 8.62. The first-order chi connectivity index (χ1) is 13.1. The Morgan fingerprint density at radius 3 is 1.86 bits per heavy atom. The molecule has 1 aromatic rings. The molecule has 0 aliphatic rings. The lowest BCUT2D eigenvalue weighted by molar-refractivity contribution is 0.0903. The van der Waals surface area contributed by atoms with E-state index < -0.39 is 8.80 Å². The van der Waals surface area contributed by atoms with E-state index in [0.29, 0.717) is 25.2 Å². The molecule has 1 rings (SSSR count). The predicted octanol–water partition coefficient (Wildman–Crippen LogP) is 5.06. The molecular weight excluding hydrogens is 372 g/mol.